The summed E-state index contributed by atoms with van der Waals surface area (Å²) in [4.78, 5) is 12.8. The number of nitrogens with one attached hydrogen (secondary N) is 1. The summed E-state index contributed by atoms with van der Waals surface area (Å²) in [6.07, 6.45) is 1.54. The highest BCUT2D eigenvalue weighted by Gasteiger charge is 2.14. The molecule has 4 rings (SSSR count). The van der Waals surface area contributed by atoms with Gasteiger partial charge >= 0.3 is 0 Å². The molecule has 0 heterocycles. The highest BCUT2D eigenvalue weighted by molar-refractivity contribution is 14.1. The van der Waals surface area contributed by atoms with E-state index < -0.39 is 0 Å². The average Bonchev–Trinajstić information content (AvgIpc) is 2.87. The van der Waals surface area contributed by atoms with E-state index in [1.165, 1.54) is 10.7 Å². The van der Waals surface area contributed by atoms with Crippen LogP contribution in [0, 0.1) is 3.57 Å². The van der Waals surface area contributed by atoms with Crippen molar-refractivity contribution in [3.63, 3.8) is 0 Å². The summed E-state index contributed by atoms with van der Waals surface area (Å²) in [5.41, 5.74) is 4.75. The zero-order chi connectivity index (χ0) is 24.8. The number of benzene rings is 4. The third-order valence-corrected chi connectivity index (χ3v) is 6.55. The summed E-state index contributed by atoms with van der Waals surface area (Å²) in [6.45, 7) is 0.406. The van der Waals surface area contributed by atoms with Gasteiger partial charge < -0.3 is 14.2 Å². The highest BCUT2D eigenvalue weighted by Crippen LogP contribution is 2.37. The first-order valence-electron chi connectivity index (χ1n) is 10.6. The molecule has 0 radical (unpaired) electrons. The lowest BCUT2D eigenvalue weighted by Gasteiger charge is -2.13. The van der Waals surface area contributed by atoms with Crippen LogP contribution in [0.25, 0.3) is 10.8 Å². The maximum atomic E-state index is 12.8. The van der Waals surface area contributed by atoms with E-state index >= 15 is 0 Å². The molecule has 0 saturated carbocycles. The van der Waals surface area contributed by atoms with Gasteiger partial charge in [-0.1, -0.05) is 36.4 Å². The molecule has 1 N–H and O–H groups in total. The molecular weight excluding hydrogens is 623 g/mol. The van der Waals surface area contributed by atoms with Gasteiger partial charge in [0.2, 0.25) is 0 Å². The number of hydrogen-bond acceptors (Lipinski definition) is 5. The minimum atomic E-state index is -0.368. The van der Waals surface area contributed by atoms with Crippen LogP contribution in [0.4, 0.5) is 0 Å². The number of halogens is 2. The van der Waals surface area contributed by atoms with Gasteiger partial charge in [0.15, 0.2) is 11.5 Å². The molecule has 1 amide bonds. The Morgan fingerprint density at radius 1 is 0.971 bits per heavy atom. The molecule has 178 valence electrons. The van der Waals surface area contributed by atoms with Crippen LogP contribution in [-0.4, -0.2) is 26.3 Å². The van der Waals surface area contributed by atoms with Gasteiger partial charge in [0.05, 0.1) is 30.5 Å². The van der Waals surface area contributed by atoms with Gasteiger partial charge in [-0.05, 0) is 96.8 Å². The van der Waals surface area contributed by atoms with Crippen LogP contribution in [0.3, 0.4) is 0 Å². The Balaban J connectivity index is 1.48. The molecular formula is C27H22BrIN2O4. The zero-order valence-electron chi connectivity index (χ0n) is 19.0. The van der Waals surface area contributed by atoms with Gasteiger partial charge in [0.25, 0.3) is 5.91 Å². The third kappa shape index (κ3) is 6.12. The summed E-state index contributed by atoms with van der Waals surface area (Å²) >= 11 is 5.82. The largest absolute Gasteiger partial charge is 0.496 e. The van der Waals surface area contributed by atoms with E-state index in [4.69, 9.17) is 14.2 Å². The Morgan fingerprint density at radius 3 is 2.34 bits per heavy atom. The minimum absolute atomic E-state index is 0.368. The number of ether oxygens (including phenoxy) is 3. The van der Waals surface area contributed by atoms with E-state index in [1.54, 1.807) is 25.5 Å². The Bertz CT molecular complexity index is 1390. The number of hydrazone groups is 1. The number of rotatable bonds is 8. The second-order valence-electron chi connectivity index (χ2n) is 7.55. The van der Waals surface area contributed by atoms with Crippen molar-refractivity contribution in [3.8, 4) is 17.2 Å². The number of carbonyl (C=O) groups is 1. The molecule has 0 unspecified atom stereocenters. The fraction of sp³-hybridized carbons (Fsp3) is 0.111. The van der Waals surface area contributed by atoms with Gasteiger partial charge in [-0.3, -0.25) is 4.79 Å². The van der Waals surface area contributed by atoms with Crippen LogP contribution in [0.5, 0.6) is 17.2 Å². The lowest BCUT2D eigenvalue weighted by Crippen LogP contribution is -2.18. The van der Waals surface area contributed by atoms with E-state index in [2.05, 4.69) is 49.0 Å². The van der Waals surface area contributed by atoms with Crippen LogP contribution >= 0.6 is 38.5 Å². The van der Waals surface area contributed by atoms with Crippen LogP contribution < -0.4 is 19.6 Å². The van der Waals surface area contributed by atoms with Gasteiger partial charge in [0, 0.05) is 3.57 Å². The molecule has 0 aliphatic heterocycles. The van der Waals surface area contributed by atoms with E-state index in [-0.39, 0.29) is 5.91 Å². The van der Waals surface area contributed by atoms with Crippen LogP contribution in [0.1, 0.15) is 21.5 Å². The van der Waals surface area contributed by atoms with Crippen molar-refractivity contribution in [1.82, 2.24) is 5.43 Å². The van der Waals surface area contributed by atoms with Gasteiger partial charge in [0.1, 0.15) is 12.4 Å². The van der Waals surface area contributed by atoms with Gasteiger partial charge in [-0.2, -0.15) is 5.10 Å². The van der Waals surface area contributed by atoms with E-state index in [9.17, 15) is 4.79 Å². The van der Waals surface area contributed by atoms with Crippen molar-refractivity contribution in [2.45, 2.75) is 6.61 Å². The molecule has 0 saturated heterocycles. The van der Waals surface area contributed by atoms with Crippen LogP contribution in [-0.2, 0) is 6.61 Å². The van der Waals surface area contributed by atoms with E-state index in [0.29, 0.717) is 33.9 Å². The molecule has 0 spiro atoms. The SMILES string of the molecule is COc1cc2ccccc2cc1C(=O)N/N=C\c1cc(Br)c(OCc2ccc(I)cc2)c(OC)c1. The number of amides is 1. The van der Waals surface area contributed by atoms with Crippen LogP contribution in [0.15, 0.2) is 82.4 Å². The molecule has 0 bridgehead atoms. The Kier molecular flexibility index (Phi) is 8.25. The molecule has 35 heavy (non-hydrogen) atoms. The fourth-order valence-corrected chi connectivity index (χ4v) is 4.42. The summed E-state index contributed by atoms with van der Waals surface area (Å²) in [5, 5.41) is 6.06. The fourth-order valence-electron chi connectivity index (χ4n) is 3.48. The summed E-state index contributed by atoms with van der Waals surface area (Å²) in [7, 11) is 3.12. The molecule has 0 aliphatic rings. The first-order chi connectivity index (χ1) is 17.0. The van der Waals surface area contributed by atoms with Crippen molar-refractivity contribution in [3.05, 3.63) is 97.5 Å². The van der Waals surface area contributed by atoms with Crippen molar-refractivity contribution < 1.29 is 19.0 Å². The predicted molar refractivity (Wildman–Crippen MR) is 150 cm³/mol. The first-order valence-corrected chi connectivity index (χ1v) is 12.5. The lowest BCUT2D eigenvalue weighted by molar-refractivity contribution is 0.0952. The lowest BCUT2D eigenvalue weighted by atomic mass is 10.1. The molecule has 0 atom stereocenters. The molecule has 0 aliphatic carbocycles. The second kappa shape index (κ2) is 11.5. The second-order valence-corrected chi connectivity index (χ2v) is 9.65. The van der Waals surface area contributed by atoms with E-state index in [0.717, 1.165) is 21.9 Å². The number of carbonyl (C=O) groups excluding carboxylic acids is 1. The minimum Gasteiger partial charge on any atom is -0.496 e. The number of nitrogens with zero attached hydrogens (tertiary/aromatic N) is 1. The molecule has 0 fully saturated rings. The quantitative estimate of drug-likeness (QED) is 0.134. The Morgan fingerprint density at radius 2 is 1.66 bits per heavy atom. The normalized spacial score (nSPS) is 11.0. The molecule has 4 aromatic rings. The maximum Gasteiger partial charge on any atom is 0.275 e. The van der Waals surface area contributed by atoms with Gasteiger partial charge in [-0.25, -0.2) is 5.43 Å². The summed E-state index contributed by atoms with van der Waals surface area (Å²) < 4.78 is 18.8. The van der Waals surface area contributed by atoms with Crippen molar-refractivity contribution in [1.29, 1.82) is 0 Å². The van der Waals surface area contributed by atoms with Gasteiger partial charge in [-0.15, -0.1) is 0 Å². The van der Waals surface area contributed by atoms with E-state index in [1.807, 2.05) is 60.7 Å². The average molecular weight is 645 g/mol. The van der Waals surface area contributed by atoms with Crippen LogP contribution in [0.2, 0.25) is 0 Å². The smallest absolute Gasteiger partial charge is 0.275 e. The zero-order valence-corrected chi connectivity index (χ0v) is 22.8. The molecule has 0 aromatic heterocycles. The summed E-state index contributed by atoms with van der Waals surface area (Å²) in [5.74, 6) is 1.25. The Hall–Kier alpha value is -3.11. The number of hydrogen-bond donors (Lipinski definition) is 1. The molecule has 4 aromatic carbocycles. The number of methoxy groups -OCH3 is 2. The predicted octanol–water partition coefficient (Wildman–Crippen LogP) is 6.57. The monoisotopic (exact) mass is 644 g/mol. The molecule has 8 heteroatoms. The third-order valence-electron chi connectivity index (χ3n) is 5.24. The van der Waals surface area contributed by atoms with Crippen molar-refractivity contribution in [2.24, 2.45) is 5.10 Å². The first kappa shape index (κ1) is 25.0. The number of fused-ring (bicyclic) bond motifs is 1. The highest BCUT2D eigenvalue weighted by atomic mass is 127. The van der Waals surface area contributed by atoms with Crippen molar-refractivity contribution >= 4 is 61.4 Å². The molecule has 6 nitrogen and oxygen atoms in total. The maximum absolute atomic E-state index is 12.8. The standard InChI is InChI=1S/C27H22BrIN2O4/c1-33-24-14-20-6-4-3-5-19(20)13-22(24)27(32)31-30-15-18-11-23(28)26(25(12-18)34-2)35-16-17-7-9-21(29)10-8-17/h3-15H,16H2,1-2H3,(H,31,32)/b30-15-. The topological polar surface area (TPSA) is 69.2 Å². The Labute approximate surface area is 225 Å². The van der Waals surface area contributed by atoms with Crippen molar-refractivity contribution in [2.75, 3.05) is 14.2 Å². The summed E-state index contributed by atoms with van der Waals surface area (Å²) in [6, 6.07) is 23.2.